The Hall–Kier alpha value is -0.860. The zero-order valence-electron chi connectivity index (χ0n) is 8.93. The van der Waals surface area contributed by atoms with E-state index in [0.717, 1.165) is 31.4 Å². The van der Waals surface area contributed by atoms with E-state index in [1.54, 1.807) is 0 Å². The van der Waals surface area contributed by atoms with Crippen molar-refractivity contribution in [2.45, 2.75) is 37.9 Å². The number of ether oxygens (including phenoxy) is 1. The quantitative estimate of drug-likeness (QED) is 0.820. The molecular weight excluding hydrogens is 188 g/mol. The normalized spacial score (nSPS) is 22.9. The predicted molar refractivity (Wildman–Crippen MR) is 59.6 cm³/mol. The van der Waals surface area contributed by atoms with E-state index in [-0.39, 0.29) is 6.10 Å². The van der Waals surface area contributed by atoms with Crippen molar-refractivity contribution in [3.63, 3.8) is 0 Å². The molecule has 2 rings (SSSR count). The Kier molecular flexibility index (Phi) is 3.75. The van der Waals surface area contributed by atoms with E-state index in [2.05, 4.69) is 0 Å². The highest BCUT2D eigenvalue weighted by atomic mass is 16.5. The molecule has 1 heterocycles. The van der Waals surface area contributed by atoms with Crippen molar-refractivity contribution in [1.29, 1.82) is 0 Å². The van der Waals surface area contributed by atoms with Gasteiger partial charge in [-0.05, 0) is 31.2 Å². The fourth-order valence-corrected chi connectivity index (χ4v) is 2.06. The van der Waals surface area contributed by atoms with Crippen molar-refractivity contribution in [2.24, 2.45) is 0 Å². The van der Waals surface area contributed by atoms with Crippen LogP contribution in [0.3, 0.4) is 0 Å². The second-order valence-electron chi connectivity index (χ2n) is 4.14. The van der Waals surface area contributed by atoms with Gasteiger partial charge in [0.25, 0.3) is 0 Å². The summed E-state index contributed by atoms with van der Waals surface area (Å²) < 4.78 is 5.53. The lowest BCUT2D eigenvalue weighted by Crippen LogP contribution is -2.07. The molecule has 1 aliphatic heterocycles. The van der Waals surface area contributed by atoms with Crippen LogP contribution >= 0.6 is 0 Å². The van der Waals surface area contributed by atoms with Gasteiger partial charge in [-0.1, -0.05) is 30.3 Å². The summed E-state index contributed by atoms with van der Waals surface area (Å²) >= 11 is 0. The number of aliphatic hydroxyl groups excluding tert-OH is 1. The third kappa shape index (κ3) is 3.05. The van der Waals surface area contributed by atoms with E-state index in [0.29, 0.717) is 6.10 Å². The van der Waals surface area contributed by atoms with Crippen LogP contribution < -0.4 is 0 Å². The van der Waals surface area contributed by atoms with Gasteiger partial charge in [0, 0.05) is 6.61 Å². The molecule has 1 aromatic carbocycles. The minimum Gasteiger partial charge on any atom is -0.388 e. The number of hydrogen-bond donors (Lipinski definition) is 1. The van der Waals surface area contributed by atoms with Crippen LogP contribution in [0.5, 0.6) is 0 Å². The highest BCUT2D eigenvalue weighted by Gasteiger charge is 2.17. The van der Waals surface area contributed by atoms with Crippen molar-refractivity contribution in [3.8, 4) is 0 Å². The lowest BCUT2D eigenvalue weighted by Gasteiger charge is -2.13. The molecule has 0 aliphatic carbocycles. The third-order valence-corrected chi connectivity index (χ3v) is 2.97. The fraction of sp³-hybridized carbons (Fsp3) is 0.538. The van der Waals surface area contributed by atoms with Gasteiger partial charge in [-0.2, -0.15) is 0 Å². The topological polar surface area (TPSA) is 29.5 Å². The summed E-state index contributed by atoms with van der Waals surface area (Å²) in [6.45, 7) is 0.895. The molecular formula is C13H18O2. The van der Waals surface area contributed by atoms with Gasteiger partial charge in [0.2, 0.25) is 0 Å². The zero-order chi connectivity index (χ0) is 10.5. The van der Waals surface area contributed by atoms with E-state index in [9.17, 15) is 5.11 Å². The summed E-state index contributed by atoms with van der Waals surface area (Å²) in [7, 11) is 0. The van der Waals surface area contributed by atoms with E-state index >= 15 is 0 Å². The number of benzene rings is 1. The fourth-order valence-electron chi connectivity index (χ4n) is 2.06. The van der Waals surface area contributed by atoms with E-state index in [1.165, 1.54) is 6.42 Å². The summed E-state index contributed by atoms with van der Waals surface area (Å²) in [6, 6.07) is 9.84. The second-order valence-corrected chi connectivity index (χ2v) is 4.14. The molecule has 0 radical (unpaired) electrons. The van der Waals surface area contributed by atoms with Gasteiger partial charge in [0.15, 0.2) is 0 Å². The average molecular weight is 206 g/mol. The lowest BCUT2D eigenvalue weighted by molar-refractivity contribution is 0.0812. The first-order valence-electron chi connectivity index (χ1n) is 5.71. The Labute approximate surface area is 90.9 Å². The predicted octanol–water partition coefficient (Wildman–Crippen LogP) is 2.68. The first kappa shape index (κ1) is 10.7. The van der Waals surface area contributed by atoms with E-state index in [4.69, 9.17) is 4.74 Å². The SMILES string of the molecule is OC(CCC1CCCO1)c1ccccc1. The third-order valence-electron chi connectivity index (χ3n) is 2.97. The Bertz CT molecular complexity index is 278. The molecule has 0 aromatic heterocycles. The van der Waals surface area contributed by atoms with Crippen LogP contribution in [0.1, 0.15) is 37.4 Å². The summed E-state index contributed by atoms with van der Waals surface area (Å²) in [6.07, 6.45) is 4.14. The van der Waals surface area contributed by atoms with Crippen LogP contribution in [0.2, 0.25) is 0 Å². The summed E-state index contributed by atoms with van der Waals surface area (Å²) in [5.41, 5.74) is 1.01. The first-order valence-corrected chi connectivity index (χ1v) is 5.71. The molecule has 2 nitrogen and oxygen atoms in total. The molecule has 1 saturated heterocycles. The minimum absolute atomic E-state index is 0.338. The maximum atomic E-state index is 9.93. The Morgan fingerprint density at radius 3 is 2.80 bits per heavy atom. The van der Waals surface area contributed by atoms with Crippen LogP contribution in [0.25, 0.3) is 0 Å². The van der Waals surface area contributed by atoms with Crippen LogP contribution in [0.4, 0.5) is 0 Å². The Balaban J connectivity index is 1.79. The average Bonchev–Trinajstić information content (AvgIpc) is 2.80. The summed E-state index contributed by atoms with van der Waals surface area (Å²) in [5, 5.41) is 9.93. The van der Waals surface area contributed by atoms with Crippen LogP contribution in [-0.4, -0.2) is 17.8 Å². The Morgan fingerprint density at radius 1 is 1.33 bits per heavy atom. The molecule has 2 unspecified atom stereocenters. The van der Waals surface area contributed by atoms with Crippen LogP contribution in [0, 0.1) is 0 Å². The van der Waals surface area contributed by atoms with Crippen molar-refractivity contribution >= 4 is 0 Å². The van der Waals surface area contributed by atoms with Crippen molar-refractivity contribution in [2.75, 3.05) is 6.61 Å². The molecule has 1 aliphatic rings. The van der Waals surface area contributed by atoms with Gasteiger partial charge in [0.05, 0.1) is 12.2 Å². The molecule has 2 atom stereocenters. The molecule has 0 amide bonds. The van der Waals surface area contributed by atoms with Gasteiger partial charge in [-0.25, -0.2) is 0 Å². The minimum atomic E-state index is -0.338. The van der Waals surface area contributed by atoms with E-state index < -0.39 is 0 Å². The van der Waals surface area contributed by atoms with Crippen molar-refractivity contribution in [1.82, 2.24) is 0 Å². The maximum absolute atomic E-state index is 9.93. The highest BCUT2D eigenvalue weighted by molar-refractivity contribution is 5.17. The molecule has 0 saturated carbocycles. The zero-order valence-corrected chi connectivity index (χ0v) is 8.93. The summed E-state index contributed by atoms with van der Waals surface area (Å²) in [5.74, 6) is 0. The van der Waals surface area contributed by atoms with Crippen LogP contribution in [0.15, 0.2) is 30.3 Å². The largest absolute Gasteiger partial charge is 0.388 e. The molecule has 1 N–H and O–H groups in total. The van der Waals surface area contributed by atoms with E-state index in [1.807, 2.05) is 30.3 Å². The first-order chi connectivity index (χ1) is 7.36. The molecule has 0 spiro atoms. The maximum Gasteiger partial charge on any atom is 0.0791 e. The molecule has 1 fully saturated rings. The highest BCUT2D eigenvalue weighted by Crippen LogP contribution is 2.23. The van der Waals surface area contributed by atoms with Crippen LogP contribution in [-0.2, 0) is 4.74 Å². The number of rotatable bonds is 4. The van der Waals surface area contributed by atoms with Gasteiger partial charge >= 0.3 is 0 Å². The smallest absolute Gasteiger partial charge is 0.0791 e. The molecule has 82 valence electrons. The molecule has 15 heavy (non-hydrogen) atoms. The van der Waals surface area contributed by atoms with Crippen molar-refractivity contribution < 1.29 is 9.84 Å². The van der Waals surface area contributed by atoms with Gasteiger partial charge < -0.3 is 9.84 Å². The standard InChI is InChI=1S/C13H18O2/c14-13(11-5-2-1-3-6-11)9-8-12-7-4-10-15-12/h1-3,5-6,12-14H,4,7-10H2. The monoisotopic (exact) mass is 206 g/mol. The Morgan fingerprint density at radius 2 is 2.13 bits per heavy atom. The van der Waals surface area contributed by atoms with Gasteiger partial charge in [-0.15, -0.1) is 0 Å². The molecule has 0 bridgehead atoms. The van der Waals surface area contributed by atoms with Gasteiger partial charge in [-0.3, -0.25) is 0 Å². The number of hydrogen-bond acceptors (Lipinski definition) is 2. The molecule has 2 heteroatoms. The second kappa shape index (κ2) is 5.29. The molecule has 1 aromatic rings. The van der Waals surface area contributed by atoms with Gasteiger partial charge in [0.1, 0.15) is 0 Å². The summed E-state index contributed by atoms with van der Waals surface area (Å²) in [4.78, 5) is 0. The van der Waals surface area contributed by atoms with Crippen molar-refractivity contribution in [3.05, 3.63) is 35.9 Å². The number of aliphatic hydroxyl groups is 1. The lowest BCUT2D eigenvalue weighted by atomic mass is 10.0.